The Bertz CT molecular complexity index is 2080. The fourth-order valence-electron chi connectivity index (χ4n) is 7.64. The van der Waals surface area contributed by atoms with E-state index in [1.54, 1.807) is 43.3 Å². The maximum atomic E-state index is 14.8. The highest BCUT2D eigenvalue weighted by atomic mass is 32.2. The predicted octanol–water partition coefficient (Wildman–Crippen LogP) is 5.12. The molecule has 15 nitrogen and oxygen atoms in total. The van der Waals surface area contributed by atoms with Crippen molar-refractivity contribution in [3.63, 3.8) is 0 Å². The van der Waals surface area contributed by atoms with Crippen molar-refractivity contribution in [3.05, 3.63) is 36.4 Å². The molecule has 2 aliphatic heterocycles. The number of carbonyl (C=O) groups is 4. The zero-order valence-electron chi connectivity index (χ0n) is 34.6. The summed E-state index contributed by atoms with van der Waals surface area (Å²) in [5.74, 6) is -3.45. The van der Waals surface area contributed by atoms with Gasteiger partial charge in [0.15, 0.2) is 0 Å². The van der Waals surface area contributed by atoms with Gasteiger partial charge < -0.3 is 34.5 Å². The third-order valence-corrected chi connectivity index (χ3v) is 13.3. The van der Waals surface area contributed by atoms with Gasteiger partial charge in [0.05, 0.1) is 20.8 Å². The van der Waals surface area contributed by atoms with Crippen LogP contribution in [0, 0.1) is 17.8 Å². The molecule has 1 saturated heterocycles. The maximum absolute atomic E-state index is 14.8. The molecule has 4 amide bonds. The van der Waals surface area contributed by atoms with Crippen LogP contribution in [-0.2, 0) is 29.1 Å². The Kier molecular flexibility index (Phi) is 13.9. The van der Waals surface area contributed by atoms with Crippen LogP contribution in [0.15, 0.2) is 36.4 Å². The molecule has 332 valence electrons. The Labute approximate surface area is 346 Å². The van der Waals surface area contributed by atoms with E-state index in [0.29, 0.717) is 49.6 Å². The predicted molar refractivity (Wildman–Crippen MR) is 210 cm³/mol. The normalized spacial score (nSPS) is 27.0. The number of carbonyl (C=O) groups excluding carboxylic acids is 4. The van der Waals surface area contributed by atoms with Gasteiger partial charge in [-0.15, -0.1) is 0 Å². The van der Waals surface area contributed by atoms with Crippen molar-refractivity contribution in [2.24, 2.45) is 17.8 Å². The smallest absolute Gasteiger partial charge is 0.427 e. The summed E-state index contributed by atoms with van der Waals surface area (Å²) < 4.78 is 105. The number of halogens is 4. The van der Waals surface area contributed by atoms with Crippen molar-refractivity contribution in [3.8, 4) is 17.5 Å². The number of nitrogens with one attached hydrogen (secondary N) is 3. The summed E-state index contributed by atoms with van der Waals surface area (Å²) in [6, 6.07) is 3.84. The average Bonchev–Trinajstić information content (AvgIpc) is 3.70. The van der Waals surface area contributed by atoms with E-state index in [9.17, 15) is 45.2 Å². The fraction of sp³-hybridized carbons (Fsp3) is 0.625. The molecule has 60 heavy (non-hydrogen) atoms. The minimum atomic E-state index is -4.94. The lowest BCUT2D eigenvalue weighted by molar-refractivity contribution is -0.244. The standard InChI is InChI=1S/C40H53F4N5O10S/c1-8-28(20-41)60(54,55)48-36(52)39-19-25(39)12-10-9-11-22(2)15-23(3)32(46-37(53)59-38(4,5)40(42,43)44)35(51)49-21-27(18-30(49)33(50)47-39)58-34-29-14-13-26(56-6)16-24(29)17-31(45-34)57-7/h10,12-14,16-17,22-23,25,27-28,30,32H,8-9,11,15,18-21H2,1-7H3,(H,46,53)(H,47,50)(H,48,52). The molecule has 1 aliphatic carbocycles. The topological polar surface area (TPSA) is 192 Å². The van der Waals surface area contributed by atoms with Crippen molar-refractivity contribution in [1.29, 1.82) is 0 Å². The van der Waals surface area contributed by atoms with Crippen LogP contribution < -0.4 is 29.6 Å². The number of alkyl carbamates (subject to hydrolysis) is 1. The van der Waals surface area contributed by atoms with Gasteiger partial charge >= 0.3 is 12.3 Å². The number of benzene rings is 1. The number of hydrogen-bond acceptors (Lipinski definition) is 11. The molecule has 5 rings (SSSR count). The monoisotopic (exact) mass is 871 g/mol. The first-order chi connectivity index (χ1) is 28.1. The van der Waals surface area contributed by atoms with Crippen LogP contribution in [0.1, 0.15) is 73.1 Å². The van der Waals surface area contributed by atoms with E-state index in [4.69, 9.17) is 18.9 Å². The molecule has 3 heterocycles. The van der Waals surface area contributed by atoms with Crippen molar-refractivity contribution >= 4 is 44.6 Å². The van der Waals surface area contributed by atoms with Gasteiger partial charge in [-0.25, -0.2) is 17.6 Å². The fourth-order valence-corrected chi connectivity index (χ4v) is 8.85. The van der Waals surface area contributed by atoms with E-state index in [0.717, 1.165) is 4.90 Å². The second kappa shape index (κ2) is 18.0. The third-order valence-electron chi connectivity index (χ3n) is 11.5. The molecule has 0 spiro atoms. The molecular weight excluding hydrogens is 819 g/mol. The average molecular weight is 872 g/mol. The highest BCUT2D eigenvalue weighted by Gasteiger charge is 2.62. The van der Waals surface area contributed by atoms with E-state index in [1.807, 2.05) is 11.6 Å². The number of alkyl halides is 4. The zero-order valence-corrected chi connectivity index (χ0v) is 35.4. The number of aromatic nitrogens is 1. The van der Waals surface area contributed by atoms with E-state index >= 15 is 0 Å². The quantitative estimate of drug-likeness (QED) is 0.201. The van der Waals surface area contributed by atoms with E-state index in [-0.39, 0.29) is 43.5 Å². The molecule has 2 fully saturated rings. The van der Waals surface area contributed by atoms with Crippen LogP contribution in [0.5, 0.6) is 17.5 Å². The van der Waals surface area contributed by atoms with Crippen molar-refractivity contribution < 1.29 is 64.1 Å². The lowest BCUT2D eigenvalue weighted by Gasteiger charge is -2.34. The molecule has 8 atom stereocenters. The second-order valence-corrected chi connectivity index (χ2v) is 18.3. The number of pyridine rings is 1. The number of methoxy groups -OCH3 is 2. The zero-order chi connectivity index (χ0) is 44.4. The van der Waals surface area contributed by atoms with E-state index in [1.165, 1.54) is 21.1 Å². The lowest BCUT2D eigenvalue weighted by atomic mass is 9.88. The Morgan fingerprint density at radius 1 is 1.10 bits per heavy atom. The first-order valence-electron chi connectivity index (χ1n) is 19.8. The molecule has 8 unspecified atom stereocenters. The molecule has 1 aromatic carbocycles. The van der Waals surface area contributed by atoms with Gasteiger partial charge in [-0.05, 0) is 81.4 Å². The maximum Gasteiger partial charge on any atom is 0.427 e. The van der Waals surface area contributed by atoms with Gasteiger partial charge in [0, 0.05) is 23.8 Å². The molecule has 3 N–H and O–H groups in total. The number of nitrogens with zero attached hydrogens (tertiary/aromatic N) is 2. The van der Waals surface area contributed by atoms with Gasteiger partial charge in [0.1, 0.15) is 41.4 Å². The molecule has 3 aliphatic rings. The van der Waals surface area contributed by atoms with E-state index in [2.05, 4.69) is 15.6 Å². The Balaban J connectivity index is 1.55. The number of amides is 4. The Morgan fingerprint density at radius 2 is 1.82 bits per heavy atom. The SMILES string of the molecule is CCC(CF)S(=O)(=O)NC(=O)C12CC1C=CCCC(C)CC(C)C(NC(=O)OC(C)(C)C(F)(F)F)C(=O)N1CC(Oc3nc(OC)cc4cc(OC)ccc34)CC1C(=O)N2. The molecule has 0 bridgehead atoms. The largest absolute Gasteiger partial charge is 0.497 e. The van der Waals surface area contributed by atoms with Gasteiger partial charge in [-0.2, -0.15) is 18.2 Å². The van der Waals surface area contributed by atoms with Gasteiger partial charge in [0.25, 0.3) is 5.91 Å². The van der Waals surface area contributed by atoms with Crippen LogP contribution >= 0.6 is 0 Å². The first kappa shape index (κ1) is 46.2. The summed E-state index contributed by atoms with van der Waals surface area (Å²) in [7, 11) is -1.60. The van der Waals surface area contributed by atoms with Gasteiger partial charge in [-0.1, -0.05) is 32.9 Å². The minimum Gasteiger partial charge on any atom is -0.497 e. The van der Waals surface area contributed by atoms with Crippen molar-refractivity contribution in [2.45, 2.75) is 114 Å². The van der Waals surface area contributed by atoms with Crippen molar-refractivity contribution in [1.82, 2.24) is 25.2 Å². The van der Waals surface area contributed by atoms with Crippen molar-refractivity contribution in [2.75, 3.05) is 27.4 Å². The van der Waals surface area contributed by atoms with E-state index < -0.39 is 93.1 Å². The Morgan fingerprint density at radius 3 is 2.45 bits per heavy atom. The number of hydrogen-bond donors (Lipinski definition) is 3. The van der Waals surface area contributed by atoms with Crippen LogP contribution in [0.25, 0.3) is 10.8 Å². The number of rotatable bonds is 11. The van der Waals surface area contributed by atoms with Crippen LogP contribution in [-0.4, -0.2) is 110 Å². The molecule has 20 heteroatoms. The van der Waals surface area contributed by atoms with Gasteiger partial charge in [-0.3, -0.25) is 19.1 Å². The third kappa shape index (κ3) is 10.0. The van der Waals surface area contributed by atoms with Gasteiger partial charge in [0.2, 0.25) is 39.2 Å². The van der Waals surface area contributed by atoms with Crippen LogP contribution in [0.2, 0.25) is 0 Å². The summed E-state index contributed by atoms with van der Waals surface area (Å²) in [4.78, 5) is 61.9. The Hall–Kier alpha value is -4.88. The molecule has 2 aromatic rings. The molecular formula is C40H53F4N5O10S. The van der Waals surface area contributed by atoms with Crippen LogP contribution in [0.3, 0.4) is 0 Å². The first-order valence-corrected chi connectivity index (χ1v) is 21.3. The number of fused-ring (bicyclic) bond motifs is 3. The highest BCUT2D eigenvalue weighted by Crippen LogP contribution is 2.46. The second-order valence-electron chi connectivity index (χ2n) is 16.3. The number of allylic oxidation sites excluding steroid dienone is 1. The minimum absolute atomic E-state index is 0.00954. The lowest BCUT2D eigenvalue weighted by Crippen LogP contribution is -2.59. The summed E-state index contributed by atoms with van der Waals surface area (Å²) in [6.07, 6.45) is -2.89. The summed E-state index contributed by atoms with van der Waals surface area (Å²) in [5, 5.41) is 4.68. The molecule has 0 radical (unpaired) electrons. The van der Waals surface area contributed by atoms with Crippen LogP contribution in [0.4, 0.5) is 22.4 Å². The number of ether oxygens (including phenoxy) is 4. The summed E-state index contributed by atoms with van der Waals surface area (Å²) in [6.45, 7) is 4.80. The highest BCUT2D eigenvalue weighted by molar-refractivity contribution is 7.90. The molecule has 1 saturated carbocycles. The number of sulfonamides is 1. The molecule has 1 aromatic heterocycles. The summed E-state index contributed by atoms with van der Waals surface area (Å²) >= 11 is 0. The summed E-state index contributed by atoms with van der Waals surface area (Å²) in [5.41, 5.74) is -4.71.